The van der Waals surface area contributed by atoms with Crippen molar-refractivity contribution in [3.05, 3.63) is 32.7 Å². The highest BCUT2D eigenvalue weighted by Gasteiger charge is 2.25. The van der Waals surface area contributed by atoms with Crippen LogP contribution in [0.5, 0.6) is 11.5 Å². The van der Waals surface area contributed by atoms with Gasteiger partial charge < -0.3 is 9.84 Å². The molecule has 1 N–H and O–H groups in total. The number of carbonyl (C=O) groups is 2. The van der Waals surface area contributed by atoms with E-state index >= 15 is 0 Å². The number of amides is 2. The second-order valence-electron chi connectivity index (χ2n) is 3.91. The van der Waals surface area contributed by atoms with Crippen molar-refractivity contribution >= 4 is 34.7 Å². The van der Waals surface area contributed by atoms with Gasteiger partial charge in [-0.1, -0.05) is 0 Å². The van der Waals surface area contributed by atoms with Gasteiger partial charge in [-0.15, -0.1) is 0 Å². The van der Waals surface area contributed by atoms with Crippen molar-refractivity contribution in [2.24, 2.45) is 0 Å². The topological polar surface area (TPSA) is 122 Å². The molecule has 0 aliphatic carbocycles. The maximum Gasteiger partial charge on any atom is 0.290 e. The average Bonchev–Trinajstić information content (AvgIpc) is 2.71. The number of nitro groups is 1. The predicted octanol–water partition coefficient (Wildman–Crippen LogP) is 1.39. The van der Waals surface area contributed by atoms with Crippen LogP contribution in [0.2, 0.25) is 0 Å². The van der Waals surface area contributed by atoms with Gasteiger partial charge in [0, 0.05) is 11.8 Å². The predicted molar refractivity (Wildman–Crippen MR) is 72.8 cm³/mol. The summed E-state index contributed by atoms with van der Waals surface area (Å²) in [7, 11) is 0. The number of nitrogens with zero attached hydrogens (tertiary/aromatic N) is 1. The van der Waals surface area contributed by atoms with Crippen LogP contribution in [-0.4, -0.2) is 22.7 Å². The normalized spacial score (nSPS) is 16.1. The van der Waals surface area contributed by atoms with E-state index in [0.29, 0.717) is 11.8 Å². The number of rotatable bonds is 4. The third-order valence-electron chi connectivity index (χ3n) is 2.49. The van der Waals surface area contributed by atoms with Crippen molar-refractivity contribution in [3.63, 3.8) is 0 Å². The average molecular weight is 309 g/mol. The fraction of sp³-hybridized carbons (Fsp3) is 0.167. The summed E-state index contributed by atoms with van der Waals surface area (Å²) in [5, 5.41) is 24.2. The smallest absolute Gasteiger partial charge is 0.290 e. The first-order chi connectivity index (χ1) is 9.92. The molecule has 8 nitrogen and oxygen atoms in total. The first kappa shape index (κ1) is 14.9. The number of hydrogen-bond acceptors (Lipinski definition) is 7. The van der Waals surface area contributed by atoms with Crippen LogP contribution in [0.3, 0.4) is 0 Å². The lowest BCUT2D eigenvalue weighted by molar-refractivity contribution is -0.398. The first-order valence-corrected chi connectivity index (χ1v) is 6.61. The van der Waals surface area contributed by atoms with E-state index in [4.69, 9.17) is 4.74 Å². The van der Waals surface area contributed by atoms with Gasteiger partial charge in [-0.25, -0.2) is 0 Å². The SMILES string of the molecule is CCOc1cc(/C=C2/SC(=O)NC2=O)cc([N+](=O)[O-])c1[O-]. The Morgan fingerprint density at radius 1 is 1.43 bits per heavy atom. The molecule has 1 saturated heterocycles. The van der Waals surface area contributed by atoms with Crippen LogP contribution < -0.4 is 15.2 Å². The first-order valence-electron chi connectivity index (χ1n) is 5.79. The van der Waals surface area contributed by atoms with Crippen LogP contribution in [0.4, 0.5) is 10.5 Å². The highest BCUT2D eigenvalue weighted by molar-refractivity contribution is 8.18. The van der Waals surface area contributed by atoms with Crippen LogP contribution in [0, 0.1) is 10.1 Å². The van der Waals surface area contributed by atoms with E-state index in [0.717, 1.165) is 6.07 Å². The molecule has 2 rings (SSSR count). The van der Waals surface area contributed by atoms with Crippen molar-refractivity contribution < 1.29 is 24.4 Å². The van der Waals surface area contributed by atoms with Gasteiger partial charge in [0.15, 0.2) is 0 Å². The van der Waals surface area contributed by atoms with Gasteiger partial charge in [-0.2, -0.15) is 0 Å². The third-order valence-corrected chi connectivity index (χ3v) is 3.30. The highest BCUT2D eigenvalue weighted by atomic mass is 32.2. The molecule has 1 aromatic carbocycles. The largest absolute Gasteiger partial charge is 0.865 e. The maximum atomic E-state index is 11.8. The van der Waals surface area contributed by atoms with E-state index in [-0.39, 0.29) is 22.8 Å². The quantitative estimate of drug-likeness (QED) is 0.506. The summed E-state index contributed by atoms with van der Waals surface area (Å²) < 4.78 is 5.06. The molecule has 0 aromatic heterocycles. The molecule has 0 radical (unpaired) electrons. The summed E-state index contributed by atoms with van der Waals surface area (Å²) >= 11 is 0.679. The summed E-state index contributed by atoms with van der Waals surface area (Å²) in [6.45, 7) is 1.80. The fourth-order valence-corrected chi connectivity index (χ4v) is 2.34. The number of ether oxygens (including phenoxy) is 1. The maximum absolute atomic E-state index is 11.8. The molecular weight excluding hydrogens is 300 g/mol. The Hall–Kier alpha value is -2.55. The van der Waals surface area contributed by atoms with Gasteiger partial charge in [0.05, 0.1) is 16.4 Å². The van der Waals surface area contributed by atoms with E-state index < -0.39 is 27.5 Å². The van der Waals surface area contributed by atoms with Crippen molar-refractivity contribution in [2.75, 3.05) is 6.61 Å². The monoisotopic (exact) mass is 309 g/mol. The number of hydrogen-bond donors (Lipinski definition) is 1. The van der Waals surface area contributed by atoms with Crippen molar-refractivity contribution in [2.45, 2.75) is 6.92 Å². The van der Waals surface area contributed by atoms with Crippen LogP contribution in [-0.2, 0) is 4.79 Å². The molecule has 1 aromatic rings. The Kier molecular flexibility index (Phi) is 4.13. The van der Waals surface area contributed by atoms with E-state index in [1.54, 1.807) is 6.92 Å². The Balaban J connectivity index is 2.49. The van der Waals surface area contributed by atoms with E-state index in [2.05, 4.69) is 5.32 Å². The molecule has 2 amide bonds. The van der Waals surface area contributed by atoms with Crippen LogP contribution in [0.1, 0.15) is 12.5 Å². The van der Waals surface area contributed by atoms with Crippen molar-refractivity contribution in [1.29, 1.82) is 0 Å². The highest BCUT2D eigenvalue weighted by Crippen LogP contribution is 2.36. The molecule has 0 bridgehead atoms. The van der Waals surface area contributed by atoms with Gasteiger partial charge in [-0.05, 0) is 36.4 Å². The van der Waals surface area contributed by atoms with Gasteiger partial charge in [0.2, 0.25) is 0 Å². The lowest BCUT2D eigenvalue weighted by atomic mass is 10.1. The molecule has 0 spiro atoms. The minimum absolute atomic E-state index is 0.0930. The number of thioether (sulfide) groups is 1. The van der Waals surface area contributed by atoms with Gasteiger partial charge in [0.1, 0.15) is 5.75 Å². The minimum Gasteiger partial charge on any atom is -0.865 e. The van der Waals surface area contributed by atoms with Crippen LogP contribution in [0.25, 0.3) is 6.08 Å². The number of imide groups is 1. The van der Waals surface area contributed by atoms with E-state index in [9.17, 15) is 24.8 Å². The Labute approximate surface area is 122 Å². The molecule has 0 unspecified atom stereocenters. The number of carbonyl (C=O) groups excluding carboxylic acids is 2. The van der Waals surface area contributed by atoms with E-state index in [1.165, 1.54) is 12.1 Å². The van der Waals surface area contributed by atoms with Crippen molar-refractivity contribution in [1.82, 2.24) is 5.32 Å². The van der Waals surface area contributed by atoms with Gasteiger partial charge in [0.25, 0.3) is 16.8 Å². The fourth-order valence-electron chi connectivity index (χ4n) is 1.66. The third kappa shape index (κ3) is 3.14. The molecule has 21 heavy (non-hydrogen) atoms. The second kappa shape index (κ2) is 5.83. The summed E-state index contributed by atoms with van der Waals surface area (Å²) in [6.07, 6.45) is 1.29. The second-order valence-corrected chi connectivity index (χ2v) is 4.92. The zero-order valence-electron chi connectivity index (χ0n) is 10.7. The van der Waals surface area contributed by atoms with Crippen molar-refractivity contribution in [3.8, 4) is 11.5 Å². The molecule has 1 aliphatic rings. The van der Waals surface area contributed by atoms with Crippen LogP contribution in [0.15, 0.2) is 17.0 Å². The number of nitro benzene ring substituents is 1. The molecule has 1 fully saturated rings. The van der Waals surface area contributed by atoms with Crippen LogP contribution >= 0.6 is 11.8 Å². The molecule has 110 valence electrons. The minimum atomic E-state index is -0.830. The number of benzene rings is 1. The molecule has 9 heteroatoms. The summed E-state index contributed by atoms with van der Waals surface area (Å²) in [4.78, 5) is 32.6. The molecule has 0 saturated carbocycles. The molecular formula is C12H9N2O6S-. The van der Waals surface area contributed by atoms with Gasteiger partial charge >= 0.3 is 0 Å². The standard InChI is InChI=1S/C12H10N2O6S/c1-2-20-8-4-6(3-7(10(8)15)14(18)19)5-9-11(16)13-12(17)21-9/h3-5,15H,2H2,1H3,(H,13,16,17)/p-1/b9-5+. The Morgan fingerprint density at radius 2 is 2.14 bits per heavy atom. The van der Waals surface area contributed by atoms with E-state index in [1.807, 2.05) is 0 Å². The zero-order chi connectivity index (χ0) is 15.6. The molecule has 0 atom stereocenters. The number of nitrogens with one attached hydrogen (secondary N) is 1. The Morgan fingerprint density at radius 3 is 2.67 bits per heavy atom. The Bertz CT molecular complexity index is 670. The summed E-state index contributed by atoms with van der Waals surface area (Å²) in [6, 6.07) is 2.33. The molecule has 1 aliphatic heterocycles. The lowest BCUT2D eigenvalue weighted by Gasteiger charge is -2.14. The summed E-state index contributed by atoms with van der Waals surface area (Å²) in [5.74, 6) is -1.59. The zero-order valence-corrected chi connectivity index (χ0v) is 11.6. The van der Waals surface area contributed by atoms with Gasteiger partial charge in [-0.3, -0.25) is 25.0 Å². The summed E-state index contributed by atoms with van der Waals surface area (Å²) in [5.41, 5.74) is -0.417. The molecule has 1 heterocycles. The lowest BCUT2D eigenvalue weighted by Crippen LogP contribution is -2.17.